The molecular weight excluding hydrogens is 280 g/mol. The van der Waals surface area contributed by atoms with Crippen LogP contribution in [0.4, 0.5) is 4.79 Å². The summed E-state index contributed by atoms with van der Waals surface area (Å²) in [4.78, 5) is 23.1. The highest BCUT2D eigenvalue weighted by Crippen LogP contribution is 2.22. The quantitative estimate of drug-likeness (QED) is 0.837. The Morgan fingerprint density at radius 2 is 2.43 bits per heavy atom. The van der Waals surface area contributed by atoms with Gasteiger partial charge in [-0.05, 0) is 13.3 Å². The maximum Gasteiger partial charge on any atom is 0.507 e. The van der Waals surface area contributed by atoms with Crippen molar-refractivity contribution in [2.24, 2.45) is 0 Å². The van der Waals surface area contributed by atoms with E-state index in [1.54, 1.807) is 13.0 Å². The van der Waals surface area contributed by atoms with Gasteiger partial charge >= 0.3 is 11.8 Å². The molecule has 2 aromatic heterocycles. The fourth-order valence-electron chi connectivity index (χ4n) is 2.47. The average molecular weight is 294 g/mol. The van der Waals surface area contributed by atoms with Crippen LogP contribution in [0.5, 0.6) is 0 Å². The van der Waals surface area contributed by atoms with Crippen molar-refractivity contribution >= 4 is 6.16 Å². The lowest BCUT2D eigenvalue weighted by Gasteiger charge is -2.21. The standard InChI is InChI=1S/C12H14N4O5/c1-7-5-8(14-21-7)6-15-11(17)16-9(13-15)3-2-4-10(16)20-12(18)19/h5,10H,2-4,6H2,1H3,(H,18,19). The summed E-state index contributed by atoms with van der Waals surface area (Å²) < 4.78 is 12.3. The molecule has 9 nitrogen and oxygen atoms in total. The van der Waals surface area contributed by atoms with Gasteiger partial charge in [-0.25, -0.2) is 18.8 Å². The van der Waals surface area contributed by atoms with E-state index in [-0.39, 0.29) is 6.54 Å². The molecule has 0 bridgehead atoms. The molecule has 0 saturated carbocycles. The molecule has 0 radical (unpaired) electrons. The molecule has 21 heavy (non-hydrogen) atoms. The van der Waals surface area contributed by atoms with Crippen molar-refractivity contribution in [3.05, 3.63) is 33.8 Å². The molecule has 0 amide bonds. The van der Waals surface area contributed by atoms with Crippen molar-refractivity contribution in [2.45, 2.75) is 39.0 Å². The van der Waals surface area contributed by atoms with Gasteiger partial charge in [-0.2, -0.15) is 5.10 Å². The Morgan fingerprint density at radius 3 is 3.10 bits per heavy atom. The minimum atomic E-state index is -1.40. The number of ether oxygens (including phenoxy) is 1. The summed E-state index contributed by atoms with van der Waals surface area (Å²) >= 11 is 0. The van der Waals surface area contributed by atoms with Crippen LogP contribution in [0.25, 0.3) is 0 Å². The number of aromatic nitrogens is 4. The Bertz CT molecular complexity index is 728. The normalized spacial score (nSPS) is 17.5. The predicted octanol–water partition coefficient (Wildman–Crippen LogP) is 0.919. The Balaban J connectivity index is 1.92. The molecule has 9 heteroatoms. The highest BCUT2D eigenvalue weighted by atomic mass is 16.7. The number of hydrogen-bond acceptors (Lipinski definition) is 6. The molecule has 1 atom stereocenters. The van der Waals surface area contributed by atoms with Crippen LogP contribution in [0.3, 0.4) is 0 Å². The van der Waals surface area contributed by atoms with E-state index in [2.05, 4.69) is 10.3 Å². The number of rotatable bonds is 3. The summed E-state index contributed by atoms with van der Waals surface area (Å²) in [5.74, 6) is 1.17. The smallest absolute Gasteiger partial charge is 0.450 e. The van der Waals surface area contributed by atoms with Crippen LogP contribution in [0.15, 0.2) is 15.4 Å². The first-order chi connectivity index (χ1) is 10.0. The van der Waals surface area contributed by atoms with Crippen molar-refractivity contribution in [3.8, 4) is 0 Å². The second-order valence-corrected chi connectivity index (χ2v) is 4.89. The first-order valence-electron chi connectivity index (χ1n) is 6.54. The lowest BCUT2D eigenvalue weighted by atomic mass is 10.1. The zero-order valence-electron chi connectivity index (χ0n) is 11.4. The second-order valence-electron chi connectivity index (χ2n) is 4.89. The number of carbonyl (C=O) groups is 1. The van der Waals surface area contributed by atoms with Crippen LogP contribution in [0, 0.1) is 6.92 Å². The fraction of sp³-hybridized carbons (Fsp3) is 0.500. The Morgan fingerprint density at radius 1 is 1.62 bits per heavy atom. The SMILES string of the molecule is Cc1cc(Cn2nc3n(c2=O)C(OC(=O)O)CCC3)no1. The number of fused-ring (bicyclic) bond motifs is 1. The zero-order chi connectivity index (χ0) is 15.0. The van der Waals surface area contributed by atoms with Crippen molar-refractivity contribution in [1.29, 1.82) is 0 Å². The first-order valence-corrected chi connectivity index (χ1v) is 6.54. The third-order valence-corrected chi connectivity index (χ3v) is 3.31. The van der Waals surface area contributed by atoms with E-state index in [4.69, 9.17) is 14.4 Å². The Labute approximate surface area is 118 Å². The lowest BCUT2D eigenvalue weighted by Crippen LogP contribution is -2.33. The number of nitrogens with zero attached hydrogens (tertiary/aromatic N) is 4. The van der Waals surface area contributed by atoms with Gasteiger partial charge in [0, 0.05) is 18.9 Å². The van der Waals surface area contributed by atoms with Gasteiger partial charge in [0.05, 0.1) is 6.54 Å². The van der Waals surface area contributed by atoms with Gasteiger partial charge in [-0.3, -0.25) is 0 Å². The molecule has 1 aliphatic heterocycles. The monoisotopic (exact) mass is 294 g/mol. The molecule has 0 aromatic carbocycles. The van der Waals surface area contributed by atoms with E-state index in [1.165, 1.54) is 9.25 Å². The largest absolute Gasteiger partial charge is 0.507 e. The topological polar surface area (TPSA) is 112 Å². The van der Waals surface area contributed by atoms with Crippen LogP contribution in [-0.4, -0.2) is 30.8 Å². The summed E-state index contributed by atoms with van der Waals surface area (Å²) in [6.07, 6.45) is -0.420. The number of aryl methyl sites for hydroxylation is 2. The Hall–Kier alpha value is -2.58. The molecule has 0 saturated heterocycles. The minimum absolute atomic E-state index is 0.177. The summed E-state index contributed by atoms with van der Waals surface area (Å²) in [7, 11) is 0. The van der Waals surface area contributed by atoms with Gasteiger partial charge in [0.15, 0.2) is 6.23 Å². The van der Waals surface area contributed by atoms with E-state index < -0.39 is 18.1 Å². The van der Waals surface area contributed by atoms with Crippen molar-refractivity contribution in [3.63, 3.8) is 0 Å². The number of carboxylic acid groups (broad SMARTS) is 1. The van der Waals surface area contributed by atoms with Gasteiger partial charge in [0.25, 0.3) is 0 Å². The summed E-state index contributed by atoms with van der Waals surface area (Å²) in [5.41, 5.74) is 0.178. The van der Waals surface area contributed by atoms with Gasteiger partial charge in [-0.15, -0.1) is 0 Å². The van der Waals surface area contributed by atoms with Crippen LogP contribution in [-0.2, 0) is 17.7 Å². The molecule has 0 aliphatic carbocycles. The van der Waals surface area contributed by atoms with Crippen LogP contribution in [0.1, 0.15) is 36.3 Å². The molecule has 112 valence electrons. The maximum atomic E-state index is 12.3. The third kappa shape index (κ3) is 2.54. The highest BCUT2D eigenvalue weighted by molar-refractivity contribution is 5.56. The van der Waals surface area contributed by atoms with E-state index in [0.717, 1.165) is 6.42 Å². The van der Waals surface area contributed by atoms with Gasteiger partial charge in [0.2, 0.25) is 0 Å². The molecule has 3 rings (SSSR count). The minimum Gasteiger partial charge on any atom is -0.450 e. The van der Waals surface area contributed by atoms with Crippen LogP contribution >= 0.6 is 0 Å². The fourth-order valence-corrected chi connectivity index (χ4v) is 2.47. The maximum absolute atomic E-state index is 12.3. The third-order valence-electron chi connectivity index (χ3n) is 3.31. The second kappa shape index (κ2) is 5.08. The molecule has 2 aromatic rings. The van der Waals surface area contributed by atoms with Crippen LogP contribution < -0.4 is 5.69 Å². The van der Waals surface area contributed by atoms with E-state index in [9.17, 15) is 9.59 Å². The molecular formula is C12H14N4O5. The van der Waals surface area contributed by atoms with Crippen molar-refractivity contribution < 1.29 is 19.2 Å². The van der Waals surface area contributed by atoms with E-state index in [1.807, 2.05) is 0 Å². The van der Waals surface area contributed by atoms with Gasteiger partial charge in [0.1, 0.15) is 17.3 Å². The molecule has 1 N–H and O–H groups in total. The van der Waals surface area contributed by atoms with Gasteiger partial charge < -0.3 is 14.4 Å². The summed E-state index contributed by atoms with van der Waals surface area (Å²) in [6, 6.07) is 1.72. The van der Waals surface area contributed by atoms with Crippen molar-refractivity contribution in [1.82, 2.24) is 19.5 Å². The summed E-state index contributed by atoms with van der Waals surface area (Å²) in [6.45, 7) is 1.93. The molecule has 0 spiro atoms. The van der Waals surface area contributed by atoms with E-state index >= 15 is 0 Å². The predicted molar refractivity (Wildman–Crippen MR) is 67.9 cm³/mol. The first kappa shape index (κ1) is 13.4. The van der Waals surface area contributed by atoms with Gasteiger partial charge in [-0.1, -0.05) is 5.16 Å². The lowest BCUT2D eigenvalue weighted by molar-refractivity contribution is 0.00392. The zero-order valence-corrected chi connectivity index (χ0v) is 11.4. The van der Waals surface area contributed by atoms with Crippen LogP contribution in [0.2, 0.25) is 0 Å². The molecule has 1 unspecified atom stereocenters. The van der Waals surface area contributed by atoms with Crippen molar-refractivity contribution in [2.75, 3.05) is 0 Å². The number of hydrogen-bond donors (Lipinski definition) is 1. The summed E-state index contributed by atoms with van der Waals surface area (Å²) in [5, 5.41) is 16.8. The molecule has 0 fully saturated rings. The Kier molecular flexibility index (Phi) is 3.24. The van der Waals surface area contributed by atoms with E-state index in [0.29, 0.717) is 30.1 Å². The average Bonchev–Trinajstić information content (AvgIpc) is 2.95. The molecule has 3 heterocycles. The highest BCUT2D eigenvalue weighted by Gasteiger charge is 2.28. The molecule has 1 aliphatic rings.